The van der Waals surface area contributed by atoms with E-state index in [0.29, 0.717) is 0 Å². The van der Waals surface area contributed by atoms with Gasteiger partial charge in [-0.15, -0.1) is 0 Å². The zero-order valence-electron chi connectivity index (χ0n) is 15.8. The Balaban J connectivity index is 2.36. The second kappa shape index (κ2) is 5.33. The number of aromatic nitrogens is 2. The zero-order chi connectivity index (χ0) is 17.9. The molecule has 4 nitrogen and oxygen atoms in total. The minimum Gasteiger partial charge on any atom is -0.335 e. The van der Waals surface area contributed by atoms with Crippen LogP contribution in [-0.4, -0.2) is 15.5 Å². The van der Waals surface area contributed by atoms with Crippen LogP contribution in [0.15, 0.2) is 0 Å². The highest BCUT2D eigenvalue weighted by atomic mass is 16.2. The van der Waals surface area contributed by atoms with Gasteiger partial charge >= 0.3 is 0 Å². The van der Waals surface area contributed by atoms with E-state index in [1.54, 1.807) is 0 Å². The highest BCUT2D eigenvalue weighted by Crippen LogP contribution is 2.43. The smallest absolute Gasteiger partial charge is 0.256 e. The molecule has 126 valence electrons. The molecule has 1 aromatic heterocycles. The first-order chi connectivity index (χ1) is 11.2. The number of nitrogens with one attached hydrogen (secondary N) is 1. The Bertz CT molecular complexity index is 929. The fraction of sp³-hybridized carbons (Fsp3) is 0.400. The molecule has 0 aliphatic carbocycles. The first-order valence-electron chi connectivity index (χ1n) is 8.30. The molecule has 1 amide bonds. The molecule has 4 heteroatoms. The van der Waals surface area contributed by atoms with E-state index in [4.69, 9.17) is 0 Å². The summed E-state index contributed by atoms with van der Waals surface area (Å²) in [5.41, 5.74) is 10.5. The number of rotatable bonds is 1. The van der Waals surface area contributed by atoms with Gasteiger partial charge in [0.1, 0.15) is 5.82 Å². The standard InChI is InChI=1S/C20H25N3O/c1-9-10(2)12(4)19-16(11(9)3)17(20(24)22-19)13(5)18-14(6)23(8)15(7)21-18/h1-8H3,(H,22,24)/b17-13-. The van der Waals surface area contributed by atoms with E-state index < -0.39 is 0 Å². The molecule has 0 saturated carbocycles. The van der Waals surface area contributed by atoms with Crippen molar-refractivity contribution >= 4 is 22.7 Å². The molecule has 1 aliphatic rings. The maximum Gasteiger partial charge on any atom is 0.256 e. The first-order valence-corrected chi connectivity index (χ1v) is 8.30. The number of hydrogen-bond acceptors (Lipinski definition) is 2. The lowest BCUT2D eigenvalue weighted by atomic mass is 9.88. The number of amides is 1. The average Bonchev–Trinajstić information content (AvgIpc) is 3.02. The van der Waals surface area contributed by atoms with Crippen LogP contribution in [-0.2, 0) is 11.8 Å². The van der Waals surface area contributed by atoms with Crippen LogP contribution in [0.1, 0.15) is 52.0 Å². The van der Waals surface area contributed by atoms with Crippen LogP contribution < -0.4 is 5.32 Å². The molecule has 1 aliphatic heterocycles. The largest absolute Gasteiger partial charge is 0.335 e. The maximum absolute atomic E-state index is 12.8. The molecule has 0 saturated heterocycles. The van der Waals surface area contributed by atoms with E-state index in [9.17, 15) is 4.79 Å². The van der Waals surface area contributed by atoms with Gasteiger partial charge in [0.15, 0.2) is 0 Å². The SMILES string of the molecule is C/C(=C1/C(=O)Nc2c(C)c(C)c(C)c(C)c21)c1nc(C)n(C)c1C. The lowest BCUT2D eigenvalue weighted by Crippen LogP contribution is -2.06. The van der Waals surface area contributed by atoms with E-state index in [1.807, 2.05) is 27.8 Å². The Hall–Kier alpha value is -2.36. The Kier molecular flexibility index (Phi) is 3.67. The Labute approximate surface area is 143 Å². The Morgan fingerprint density at radius 3 is 2.08 bits per heavy atom. The van der Waals surface area contributed by atoms with Gasteiger partial charge in [0.25, 0.3) is 5.91 Å². The van der Waals surface area contributed by atoms with Crippen LogP contribution in [0.25, 0.3) is 11.1 Å². The van der Waals surface area contributed by atoms with Crippen molar-refractivity contribution in [3.8, 4) is 0 Å². The normalized spacial score (nSPS) is 15.6. The molecule has 3 rings (SSSR count). The molecule has 0 atom stereocenters. The maximum atomic E-state index is 12.8. The summed E-state index contributed by atoms with van der Waals surface area (Å²) in [4.78, 5) is 17.5. The minimum atomic E-state index is -0.0265. The number of aryl methyl sites for hydroxylation is 1. The van der Waals surface area contributed by atoms with Crippen molar-refractivity contribution in [2.24, 2.45) is 7.05 Å². The van der Waals surface area contributed by atoms with Gasteiger partial charge < -0.3 is 9.88 Å². The van der Waals surface area contributed by atoms with Gasteiger partial charge in [0, 0.05) is 18.3 Å². The molecule has 0 bridgehead atoms. The zero-order valence-corrected chi connectivity index (χ0v) is 15.8. The van der Waals surface area contributed by atoms with Gasteiger partial charge in [0.2, 0.25) is 0 Å². The summed E-state index contributed by atoms with van der Waals surface area (Å²) in [6.45, 7) is 14.5. The molecular formula is C20H25N3O. The number of anilines is 1. The van der Waals surface area contributed by atoms with Crippen molar-refractivity contribution in [1.82, 2.24) is 9.55 Å². The summed E-state index contributed by atoms with van der Waals surface area (Å²) in [6.07, 6.45) is 0. The number of imidazole rings is 1. The molecule has 24 heavy (non-hydrogen) atoms. The molecule has 0 spiro atoms. The number of carbonyl (C=O) groups is 1. The van der Waals surface area contributed by atoms with E-state index in [-0.39, 0.29) is 5.91 Å². The lowest BCUT2D eigenvalue weighted by Gasteiger charge is -2.15. The molecule has 0 unspecified atom stereocenters. The number of benzene rings is 1. The second-order valence-electron chi connectivity index (χ2n) is 6.86. The summed E-state index contributed by atoms with van der Waals surface area (Å²) in [6, 6.07) is 0. The van der Waals surface area contributed by atoms with Crippen LogP contribution in [0, 0.1) is 41.5 Å². The summed E-state index contributed by atoms with van der Waals surface area (Å²) >= 11 is 0. The predicted molar refractivity (Wildman–Crippen MR) is 99.2 cm³/mol. The third-order valence-electron chi connectivity index (χ3n) is 5.74. The average molecular weight is 323 g/mol. The predicted octanol–water partition coefficient (Wildman–Crippen LogP) is 4.15. The molecule has 1 aromatic carbocycles. The van der Waals surface area contributed by atoms with E-state index in [2.05, 4.69) is 42.6 Å². The Morgan fingerprint density at radius 2 is 1.54 bits per heavy atom. The minimum absolute atomic E-state index is 0.0265. The monoisotopic (exact) mass is 323 g/mol. The van der Waals surface area contributed by atoms with Crippen LogP contribution in [0.5, 0.6) is 0 Å². The van der Waals surface area contributed by atoms with Crippen molar-refractivity contribution in [3.63, 3.8) is 0 Å². The number of nitrogens with zero attached hydrogens (tertiary/aromatic N) is 2. The van der Waals surface area contributed by atoms with Crippen molar-refractivity contribution < 1.29 is 4.79 Å². The topological polar surface area (TPSA) is 46.9 Å². The van der Waals surface area contributed by atoms with Crippen molar-refractivity contribution in [1.29, 1.82) is 0 Å². The summed E-state index contributed by atoms with van der Waals surface area (Å²) < 4.78 is 2.06. The van der Waals surface area contributed by atoms with Crippen molar-refractivity contribution in [3.05, 3.63) is 45.0 Å². The van der Waals surface area contributed by atoms with Gasteiger partial charge in [-0.25, -0.2) is 4.98 Å². The highest BCUT2D eigenvalue weighted by molar-refractivity contribution is 6.37. The fourth-order valence-corrected chi connectivity index (χ4v) is 3.62. The van der Waals surface area contributed by atoms with Gasteiger partial charge in [-0.3, -0.25) is 4.79 Å². The highest BCUT2D eigenvalue weighted by Gasteiger charge is 2.32. The van der Waals surface area contributed by atoms with Crippen LogP contribution >= 0.6 is 0 Å². The van der Waals surface area contributed by atoms with E-state index in [1.165, 1.54) is 16.7 Å². The first kappa shape index (κ1) is 16.5. The van der Waals surface area contributed by atoms with Crippen molar-refractivity contribution in [2.75, 3.05) is 5.32 Å². The number of fused-ring (bicyclic) bond motifs is 1. The van der Waals surface area contributed by atoms with Crippen LogP contribution in [0.4, 0.5) is 5.69 Å². The van der Waals surface area contributed by atoms with Gasteiger partial charge in [-0.2, -0.15) is 0 Å². The summed E-state index contributed by atoms with van der Waals surface area (Å²) in [5.74, 6) is 0.926. The second-order valence-corrected chi connectivity index (χ2v) is 6.86. The van der Waals surface area contributed by atoms with Gasteiger partial charge in [-0.1, -0.05) is 0 Å². The van der Waals surface area contributed by atoms with Crippen LogP contribution in [0.3, 0.4) is 0 Å². The van der Waals surface area contributed by atoms with E-state index in [0.717, 1.165) is 45.2 Å². The summed E-state index contributed by atoms with van der Waals surface area (Å²) in [7, 11) is 2.00. The third-order valence-corrected chi connectivity index (χ3v) is 5.74. The molecule has 0 radical (unpaired) electrons. The fourth-order valence-electron chi connectivity index (χ4n) is 3.62. The molecule has 0 fully saturated rings. The van der Waals surface area contributed by atoms with Crippen LogP contribution in [0.2, 0.25) is 0 Å². The quantitative estimate of drug-likeness (QED) is 0.801. The number of carbonyl (C=O) groups excluding carboxylic acids is 1. The third kappa shape index (κ3) is 2.05. The molecule has 1 N–H and O–H groups in total. The number of hydrogen-bond donors (Lipinski definition) is 1. The Morgan fingerprint density at radius 1 is 0.958 bits per heavy atom. The summed E-state index contributed by atoms with van der Waals surface area (Å²) in [5, 5.41) is 3.08. The number of allylic oxidation sites excluding steroid dienone is 1. The molecule has 2 heterocycles. The van der Waals surface area contributed by atoms with Gasteiger partial charge in [0.05, 0.1) is 17.0 Å². The molecular weight excluding hydrogens is 298 g/mol. The lowest BCUT2D eigenvalue weighted by molar-refractivity contribution is -0.110. The van der Waals surface area contributed by atoms with Gasteiger partial charge in [-0.05, 0) is 76.3 Å². The van der Waals surface area contributed by atoms with E-state index >= 15 is 0 Å². The molecule has 2 aromatic rings. The van der Waals surface area contributed by atoms with Crippen molar-refractivity contribution in [2.45, 2.75) is 48.5 Å².